The fourth-order valence-corrected chi connectivity index (χ4v) is 5.30. The fraction of sp³-hybridized carbons (Fsp3) is 0.588. The monoisotopic (exact) mass is 836 g/mol. The lowest BCUT2D eigenvalue weighted by Gasteiger charge is -2.26. The minimum absolute atomic E-state index is 0.131. The Balaban J connectivity index is 4.38. The standard InChI is InChI=1S/C51H81NO8/c1-6-8-10-12-14-15-16-17-18-19-20-21-22-23-24-25-26-27-28-29-30-31-32-33-34-35-36-38-40-42-49(54)60-47(45-58-48(53)41-39-37-13-11-9-7-2)46-59-51(50(55)56)57-44-43-52(3,4)5/h8,10,14-15,17-18,20-21,23-24,26-27,29-30,32-33,35-36,47,51H,6-7,9,11-13,16,19,22,25,28,31,34,37-46H2,1-5H3/b10-8-,15-14-,18-17-,21-20-,24-23-,27-26-,30-29-,33-32-,36-35-. The molecule has 0 fully saturated rings. The van der Waals surface area contributed by atoms with Crippen molar-refractivity contribution in [1.82, 2.24) is 0 Å². The highest BCUT2D eigenvalue weighted by molar-refractivity contribution is 5.70. The first kappa shape index (κ1) is 55.9. The summed E-state index contributed by atoms with van der Waals surface area (Å²) in [4.78, 5) is 36.7. The molecule has 0 rings (SSSR count). The van der Waals surface area contributed by atoms with Crippen LogP contribution in [0, 0.1) is 0 Å². The van der Waals surface area contributed by atoms with Crippen molar-refractivity contribution in [3.05, 3.63) is 109 Å². The van der Waals surface area contributed by atoms with Gasteiger partial charge >= 0.3 is 11.9 Å². The van der Waals surface area contributed by atoms with Crippen LogP contribution in [0.25, 0.3) is 0 Å². The number of unbranched alkanes of at least 4 members (excludes halogenated alkanes) is 6. The number of ether oxygens (including phenoxy) is 4. The number of quaternary nitrogens is 1. The summed E-state index contributed by atoms with van der Waals surface area (Å²) >= 11 is 0. The molecule has 338 valence electrons. The molecule has 0 saturated heterocycles. The van der Waals surface area contributed by atoms with Gasteiger partial charge in [-0.1, -0.05) is 155 Å². The Morgan fingerprint density at radius 1 is 0.517 bits per heavy atom. The zero-order chi connectivity index (χ0) is 44.2. The van der Waals surface area contributed by atoms with E-state index in [1.807, 2.05) is 27.2 Å². The van der Waals surface area contributed by atoms with Gasteiger partial charge in [0.25, 0.3) is 0 Å². The quantitative estimate of drug-likeness (QED) is 0.0198. The molecule has 0 amide bonds. The van der Waals surface area contributed by atoms with Gasteiger partial charge in [-0.15, -0.1) is 0 Å². The zero-order valence-electron chi connectivity index (χ0n) is 38.0. The third-order valence-electron chi connectivity index (χ3n) is 8.78. The second-order valence-electron chi connectivity index (χ2n) is 15.6. The molecule has 0 aliphatic carbocycles. The number of carbonyl (C=O) groups excluding carboxylic acids is 3. The normalized spacial score (nSPS) is 13.9. The smallest absolute Gasteiger partial charge is 0.306 e. The lowest BCUT2D eigenvalue weighted by molar-refractivity contribution is -0.870. The summed E-state index contributed by atoms with van der Waals surface area (Å²) in [6.07, 6.45) is 53.2. The highest BCUT2D eigenvalue weighted by Crippen LogP contribution is 2.10. The van der Waals surface area contributed by atoms with Crippen molar-refractivity contribution in [2.24, 2.45) is 0 Å². The van der Waals surface area contributed by atoms with Crippen molar-refractivity contribution in [3.63, 3.8) is 0 Å². The number of carbonyl (C=O) groups is 3. The number of nitrogens with zero attached hydrogens (tertiary/aromatic N) is 1. The topological polar surface area (TPSA) is 111 Å². The minimum atomic E-state index is -1.64. The van der Waals surface area contributed by atoms with Gasteiger partial charge in [0.2, 0.25) is 0 Å². The van der Waals surface area contributed by atoms with Crippen LogP contribution in [0.1, 0.15) is 136 Å². The van der Waals surface area contributed by atoms with Crippen LogP contribution in [-0.4, -0.2) is 82.3 Å². The zero-order valence-corrected chi connectivity index (χ0v) is 38.0. The summed E-state index contributed by atoms with van der Waals surface area (Å²) in [7, 11) is 5.86. The van der Waals surface area contributed by atoms with Gasteiger partial charge in [0.15, 0.2) is 12.4 Å². The lowest BCUT2D eigenvalue weighted by Crippen LogP contribution is -2.44. The molecule has 0 N–H and O–H groups in total. The average molecular weight is 836 g/mol. The second-order valence-corrected chi connectivity index (χ2v) is 15.6. The minimum Gasteiger partial charge on any atom is -0.545 e. The Morgan fingerprint density at radius 2 is 0.950 bits per heavy atom. The van der Waals surface area contributed by atoms with E-state index in [0.29, 0.717) is 23.9 Å². The number of likely N-dealkylation sites (N-methyl/N-ethyl adjacent to an activating group) is 1. The molecule has 0 aromatic carbocycles. The summed E-state index contributed by atoms with van der Waals surface area (Å²) in [6, 6.07) is 0. The van der Waals surface area contributed by atoms with E-state index in [-0.39, 0.29) is 32.7 Å². The number of hydrogen-bond donors (Lipinski definition) is 0. The van der Waals surface area contributed by atoms with Crippen LogP contribution in [0.4, 0.5) is 0 Å². The predicted octanol–water partition coefficient (Wildman–Crippen LogP) is 10.7. The molecule has 9 nitrogen and oxygen atoms in total. The molecular formula is C51H81NO8. The van der Waals surface area contributed by atoms with Gasteiger partial charge in [-0.05, 0) is 77.0 Å². The molecule has 0 radical (unpaired) electrons. The van der Waals surface area contributed by atoms with E-state index in [2.05, 4.69) is 117 Å². The molecule has 9 heteroatoms. The molecule has 0 saturated carbocycles. The number of allylic oxidation sites excluding steroid dienone is 18. The Hall–Kier alpha value is -4.05. The van der Waals surface area contributed by atoms with Crippen LogP contribution in [0.3, 0.4) is 0 Å². The van der Waals surface area contributed by atoms with E-state index in [4.69, 9.17) is 18.9 Å². The van der Waals surface area contributed by atoms with Gasteiger partial charge in [0.1, 0.15) is 13.2 Å². The maximum absolute atomic E-state index is 12.7. The number of carboxylic acid groups (broad SMARTS) is 1. The molecule has 0 aliphatic rings. The van der Waals surface area contributed by atoms with Gasteiger partial charge in [0.05, 0.1) is 40.3 Å². The molecule has 0 heterocycles. The van der Waals surface area contributed by atoms with Crippen molar-refractivity contribution < 1.29 is 42.9 Å². The largest absolute Gasteiger partial charge is 0.545 e. The maximum Gasteiger partial charge on any atom is 0.306 e. The Kier molecular flexibility index (Phi) is 38.9. The molecule has 0 aromatic rings. The molecular weight excluding hydrogens is 755 g/mol. The van der Waals surface area contributed by atoms with Crippen LogP contribution in [-0.2, 0) is 33.3 Å². The lowest BCUT2D eigenvalue weighted by atomic mass is 10.1. The third-order valence-corrected chi connectivity index (χ3v) is 8.78. The first-order valence-electron chi connectivity index (χ1n) is 22.5. The first-order valence-corrected chi connectivity index (χ1v) is 22.5. The van der Waals surface area contributed by atoms with E-state index in [0.717, 1.165) is 89.9 Å². The van der Waals surface area contributed by atoms with Gasteiger partial charge in [-0.25, -0.2) is 0 Å². The fourth-order valence-electron chi connectivity index (χ4n) is 5.30. The van der Waals surface area contributed by atoms with E-state index in [1.54, 1.807) is 0 Å². The first-order chi connectivity index (χ1) is 29.1. The van der Waals surface area contributed by atoms with Crippen LogP contribution in [0.2, 0.25) is 0 Å². The second kappa shape index (κ2) is 41.7. The average Bonchev–Trinajstić information content (AvgIpc) is 3.21. The van der Waals surface area contributed by atoms with Crippen LogP contribution < -0.4 is 5.11 Å². The number of aliphatic carboxylic acids is 1. The molecule has 0 aromatic heterocycles. The summed E-state index contributed by atoms with van der Waals surface area (Å²) < 4.78 is 22.3. The van der Waals surface area contributed by atoms with Crippen LogP contribution >= 0.6 is 0 Å². The van der Waals surface area contributed by atoms with Crippen molar-refractivity contribution >= 4 is 17.9 Å². The third kappa shape index (κ3) is 42.1. The number of esters is 2. The Labute approximate surface area is 364 Å². The number of rotatable bonds is 39. The maximum atomic E-state index is 12.7. The van der Waals surface area contributed by atoms with E-state index >= 15 is 0 Å². The van der Waals surface area contributed by atoms with E-state index < -0.39 is 30.3 Å². The van der Waals surface area contributed by atoms with Crippen LogP contribution in [0.5, 0.6) is 0 Å². The summed E-state index contributed by atoms with van der Waals surface area (Å²) in [6.45, 7) is 4.44. The Bertz CT molecular complexity index is 1340. The molecule has 0 aliphatic heterocycles. The van der Waals surface area contributed by atoms with Gasteiger partial charge in [-0.3, -0.25) is 9.59 Å². The summed E-state index contributed by atoms with van der Waals surface area (Å²) in [5.41, 5.74) is 0. The van der Waals surface area contributed by atoms with Gasteiger partial charge < -0.3 is 33.3 Å². The molecule has 0 bridgehead atoms. The van der Waals surface area contributed by atoms with Crippen molar-refractivity contribution in [3.8, 4) is 0 Å². The molecule has 2 unspecified atom stereocenters. The van der Waals surface area contributed by atoms with E-state index in [1.165, 1.54) is 6.42 Å². The van der Waals surface area contributed by atoms with Gasteiger partial charge in [0, 0.05) is 12.8 Å². The SMILES string of the molecule is CC/C=C\C/C=C\C/C=C\C/C=C\C/C=C\C/C=C\C/C=C\C/C=C\C/C=C\CCCC(=O)OC(COC(=O)CCCCCCCC)COC(OCC[N+](C)(C)C)C(=O)[O-]. The number of carboxylic acids is 1. The number of hydrogen-bond acceptors (Lipinski definition) is 8. The molecule has 0 spiro atoms. The van der Waals surface area contributed by atoms with Gasteiger partial charge in [-0.2, -0.15) is 0 Å². The van der Waals surface area contributed by atoms with Crippen molar-refractivity contribution in [2.45, 2.75) is 148 Å². The Morgan fingerprint density at radius 3 is 1.40 bits per heavy atom. The van der Waals surface area contributed by atoms with Crippen molar-refractivity contribution in [2.75, 3.05) is 47.5 Å². The van der Waals surface area contributed by atoms with E-state index in [9.17, 15) is 19.5 Å². The molecule has 60 heavy (non-hydrogen) atoms. The highest BCUT2D eigenvalue weighted by Gasteiger charge is 2.21. The summed E-state index contributed by atoms with van der Waals surface area (Å²) in [5.74, 6) is -2.40. The van der Waals surface area contributed by atoms with Crippen molar-refractivity contribution in [1.29, 1.82) is 0 Å². The predicted molar refractivity (Wildman–Crippen MR) is 246 cm³/mol. The summed E-state index contributed by atoms with van der Waals surface area (Å²) in [5, 5.41) is 11.6. The molecule has 2 atom stereocenters. The van der Waals surface area contributed by atoms with Crippen LogP contribution in [0.15, 0.2) is 109 Å². The highest BCUT2D eigenvalue weighted by atomic mass is 16.7.